The van der Waals surface area contributed by atoms with E-state index in [1.165, 1.54) is 0 Å². The Bertz CT molecular complexity index is 386. The van der Waals surface area contributed by atoms with Gasteiger partial charge in [-0.1, -0.05) is 20.8 Å². The van der Waals surface area contributed by atoms with Crippen LogP contribution in [0.4, 0.5) is 11.6 Å². The van der Waals surface area contributed by atoms with E-state index in [4.69, 9.17) is 5.73 Å². The van der Waals surface area contributed by atoms with Gasteiger partial charge in [-0.05, 0) is 25.3 Å². The zero-order chi connectivity index (χ0) is 14.5. The van der Waals surface area contributed by atoms with E-state index in [0.29, 0.717) is 12.6 Å². The van der Waals surface area contributed by atoms with E-state index in [1.807, 2.05) is 6.07 Å². The molecule has 1 aromatic rings. The smallest absolute Gasteiger partial charge is 0.133 e. The van der Waals surface area contributed by atoms with Gasteiger partial charge in [-0.25, -0.2) is 9.97 Å². The summed E-state index contributed by atoms with van der Waals surface area (Å²) in [6.45, 7) is 10.4. The number of hydrogen-bond donors (Lipinski definition) is 2. The van der Waals surface area contributed by atoms with Gasteiger partial charge >= 0.3 is 0 Å². The molecule has 0 aliphatic carbocycles. The highest BCUT2D eigenvalue weighted by molar-refractivity contribution is 5.48. The van der Waals surface area contributed by atoms with Crippen molar-refractivity contribution in [3.63, 3.8) is 0 Å². The highest BCUT2D eigenvalue weighted by Gasteiger charge is 2.15. The third-order valence-corrected chi connectivity index (χ3v) is 2.75. The summed E-state index contributed by atoms with van der Waals surface area (Å²) in [6.07, 6.45) is 2.53. The van der Waals surface area contributed by atoms with Gasteiger partial charge in [0.05, 0.1) is 0 Å². The molecule has 0 aliphatic rings. The lowest BCUT2D eigenvalue weighted by atomic mass is 9.96. The first kappa shape index (κ1) is 15.7. The second-order valence-corrected chi connectivity index (χ2v) is 6.30. The van der Waals surface area contributed by atoms with Gasteiger partial charge in [-0.2, -0.15) is 0 Å². The quantitative estimate of drug-likeness (QED) is 0.824. The molecule has 0 spiro atoms. The van der Waals surface area contributed by atoms with Gasteiger partial charge in [0, 0.05) is 25.7 Å². The molecule has 1 heterocycles. The highest BCUT2D eigenvalue weighted by Crippen LogP contribution is 2.20. The Balaban J connectivity index is 2.71. The molecule has 1 unspecified atom stereocenters. The summed E-state index contributed by atoms with van der Waals surface area (Å²) in [6, 6.07) is 2.30. The fraction of sp³-hybridized carbons (Fsp3) is 0.714. The van der Waals surface area contributed by atoms with Gasteiger partial charge < -0.3 is 16.0 Å². The molecule has 108 valence electrons. The number of hydrogen-bond acceptors (Lipinski definition) is 5. The Morgan fingerprint density at radius 3 is 2.63 bits per heavy atom. The van der Waals surface area contributed by atoms with Crippen LogP contribution >= 0.6 is 0 Å². The molecule has 0 bridgehead atoms. The molecule has 0 saturated heterocycles. The largest absolute Gasteiger partial charge is 0.367 e. The van der Waals surface area contributed by atoms with Gasteiger partial charge in [0.1, 0.15) is 18.0 Å². The Hall–Kier alpha value is -1.36. The Kier molecular flexibility index (Phi) is 5.54. The second-order valence-electron chi connectivity index (χ2n) is 6.30. The fourth-order valence-corrected chi connectivity index (χ4v) is 2.00. The van der Waals surface area contributed by atoms with Crippen molar-refractivity contribution >= 4 is 11.6 Å². The maximum atomic E-state index is 5.55. The average Bonchev–Trinajstić information content (AvgIpc) is 2.27. The van der Waals surface area contributed by atoms with Crippen molar-refractivity contribution in [2.75, 3.05) is 30.4 Å². The molecule has 1 aromatic heterocycles. The lowest BCUT2D eigenvalue weighted by Crippen LogP contribution is -2.30. The molecule has 3 N–H and O–H groups in total. The van der Waals surface area contributed by atoms with Crippen molar-refractivity contribution in [2.24, 2.45) is 11.1 Å². The standard InChI is InChI=1S/C14H27N5/c1-11(6-7-15)18-12-8-13(17-10-16-12)19(5)9-14(2,3)4/h8,10-11H,6-7,9,15H2,1-5H3,(H,16,17,18). The van der Waals surface area contributed by atoms with E-state index in [9.17, 15) is 0 Å². The van der Waals surface area contributed by atoms with Crippen LogP contribution in [0.25, 0.3) is 0 Å². The maximum Gasteiger partial charge on any atom is 0.133 e. The summed E-state index contributed by atoms with van der Waals surface area (Å²) in [5.74, 6) is 1.79. The van der Waals surface area contributed by atoms with Crippen molar-refractivity contribution in [3.8, 4) is 0 Å². The molecular formula is C14H27N5. The molecule has 1 rings (SSSR count). The number of nitrogens with two attached hydrogens (primary N) is 1. The Morgan fingerprint density at radius 2 is 2.05 bits per heavy atom. The SMILES string of the molecule is CC(CCN)Nc1cc(N(C)CC(C)(C)C)ncn1. The second kappa shape index (κ2) is 6.70. The van der Waals surface area contributed by atoms with Crippen LogP contribution in [0, 0.1) is 5.41 Å². The van der Waals surface area contributed by atoms with Crippen molar-refractivity contribution in [2.45, 2.75) is 40.2 Å². The minimum atomic E-state index is 0.236. The first-order valence-electron chi connectivity index (χ1n) is 6.81. The maximum absolute atomic E-state index is 5.55. The van der Waals surface area contributed by atoms with Gasteiger partial charge in [0.15, 0.2) is 0 Å². The molecule has 0 aliphatic heterocycles. The molecular weight excluding hydrogens is 238 g/mol. The van der Waals surface area contributed by atoms with E-state index in [-0.39, 0.29) is 5.41 Å². The number of nitrogens with one attached hydrogen (secondary N) is 1. The van der Waals surface area contributed by atoms with Gasteiger partial charge in [0.25, 0.3) is 0 Å². The van der Waals surface area contributed by atoms with Crippen LogP contribution in [0.1, 0.15) is 34.1 Å². The fourth-order valence-electron chi connectivity index (χ4n) is 2.00. The summed E-state index contributed by atoms with van der Waals surface area (Å²) in [4.78, 5) is 10.7. The average molecular weight is 265 g/mol. The Labute approximate surface area is 116 Å². The minimum Gasteiger partial charge on any atom is -0.367 e. The van der Waals surface area contributed by atoms with E-state index >= 15 is 0 Å². The van der Waals surface area contributed by atoms with Crippen LogP contribution < -0.4 is 16.0 Å². The molecule has 5 heteroatoms. The van der Waals surface area contributed by atoms with E-state index < -0.39 is 0 Å². The normalized spacial score (nSPS) is 13.2. The predicted octanol–water partition coefficient (Wildman–Crippen LogP) is 2.11. The molecule has 1 atom stereocenters. The van der Waals surface area contributed by atoms with Crippen LogP contribution in [0.2, 0.25) is 0 Å². The summed E-state index contributed by atoms with van der Waals surface area (Å²) in [5.41, 5.74) is 5.79. The first-order valence-corrected chi connectivity index (χ1v) is 6.81. The van der Waals surface area contributed by atoms with Gasteiger partial charge in [-0.3, -0.25) is 0 Å². The number of nitrogens with zero attached hydrogens (tertiary/aromatic N) is 3. The third-order valence-electron chi connectivity index (χ3n) is 2.75. The molecule has 5 nitrogen and oxygen atoms in total. The summed E-state index contributed by atoms with van der Waals surface area (Å²) in [7, 11) is 2.06. The molecule has 0 amide bonds. The zero-order valence-electron chi connectivity index (χ0n) is 12.8. The van der Waals surface area contributed by atoms with Crippen molar-refractivity contribution in [1.29, 1.82) is 0 Å². The first-order chi connectivity index (χ1) is 8.81. The van der Waals surface area contributed by atoms with E-state index in [0.717, 1.165) is 24.6 Å². The topological polar surface area (TPSA) is 67.1 Å². The summed E-state index contributed by atoms with van der Waals surface area (Å²) >= 11 is 0. The monoisotopic (exact) mass is 265 g/mol. The van der Waals surface area contributed by atoms with Crippen LogP contribution in [0.3, 0.4) is 0 Å². The molecule has 0 aromatic carbocycles. The minimum absolute atomic E-state index is 0.236. The van der Waals surface area contributed by atoms with Crippen LogP contribution in [-0.2, 0) is 0 Å². The number of rotatable bonds is 6. The zero-order valence-corrected chi connectivity index (χ0v) is 12.8. The summed E-state index contributed by atoms with van der Waals surface area (Å²) < 4.78 is 0. The van der Waals surface area contributed by atoms with Gasteiger partial charge in [-0.15, -0.1) is 0 Å². The predicted molar refractivity (Wildman–Crippen MR) is 81.5 cm³/mol. The third kappa shape index (κ3) is 5.87. The van der Waals surface area contributed by atoms with Crippen molar-refractivity contribution < 1.29 is 0 Å². The van der Waals surface area contributed by atoms with Crippen LogP contribution in [0.15, 0.2) is 12.4 Å². The van der Waals surface area contributed by atoms with E-state index in [2.05, 4.69) is 54.9 Å². The summed E-state index contributed by atoms with van der Waals surface area (Å²) in [5, 5.41) is 3.34. The number of aromatic nitrogens is 2. The molecule has 0 saturated carbocycles. The molecule has 0 fully saturated rings. The van der Waals surface area contributed by atoms with E-state index in [1.54, 1.807) is 6.33 Å². The van der Waals surface area contributed by atoms with Crippen molar-refractivity contribution in [1.82, 2.24) is 9.97 Å². The lowest BCUT2D eigenvalue weighted by Gasteiger charge is -2.27. The lowest BCUT2D eigenvalue weighted by molar-refractivity contribution is 0.418. The van der Waals surface area contributed by atoms with Crippen molar-refractivity contribution in [3.05, 3.63) is 12.4 Å². The van der Waals surface area contributed by atoms with Gasteiger partial charge in [0.2, 0.25) is 0 Å². The van der Waals surface area contributed by atoms with Crippen LogP contribution in [0.5, 0.6) is 0 Å². The highest BCUT2D eigenvalue weighted by atomic mass is 15.2. The Morgan fingerprint density at radius 1 is 1.37 bits per heavy atom. The van der Waals surface area contributed by atoms with Crippen LogP contribution in [-0.4, -0.2) is 36.1 Å². The molecule has 0 radical (unpaired) electrons. The number of anilines is 2. The molecule has 19 heavy (non-hydrogen) atoms.